The van der Waals surface area contributed by atoms with E-state index in [1.165, 1.54) is 45.8 Å². The lowest BCUT2D eigenvalue weighted by atomic mass is 9.78. The van der Waals surface area contributed by atoms with Crippen LogP contribution in [0.1, 0.15) is 35.6 Å². The topological polar surface area (TPSA) is 138 Å². The molecule has 13 heteroatoms. The maximum atomic E-state index is 13.3. The highest BCUT2D eigenvalue weighted by molar-refractivity contribution is 8.01. The van der Waals surface area contributed by atoms with E-state index in [2.05, 4.69) is 26.6 Å². The number of thiophene rings is 1. The van der Waals surface area contributed by atoms with Crippen LogP contribution >= 0.6 is 45.8 Å². The lowest BCUT2D eigenvalue weighted by Gasteiger charge is -2.37. The third-order valence-electron chi connectivity index (χ3n) is 6.81. The molecule has 0 saturated carbocycles. The number of aryl methyl sites for hydroxylation is 1. The van der Waals surface area contributed by atoms with Gasteiger partial charge in [0, 0.05) is 33.5 Å². The van der Waals surface area contributed by atoms with Gasteiger partial charge in [0.1, 0.15) is 5.82 Å². The summed E-state index contributed by atoms with van der Waals surface area (Å²) in [4.78, 5) is 33.1. The number of benzene rings is 1. The maximum Gasteiger partial charge on any atom is 0.236 e. The Morgan fingerprint density at radius 1 is 1.22 bits per heavy atom. The number of nitriles is 1. The van der Waals surface area contributed by atoms with Crippen LogP contribution in [-0.4, -0.2) is 32.6 Å². The molecule has 3 N–H and O–H groups in total. The van der Waals surface area contributed by atoms with Crippen molar-refractivity contribution in [1.82, 2.24) is 15.2 Å². The fraction of sp³-hybridized carbons (Fsp3) is 0.214. The molecule has 0 radical (unpaired) electrons. The average molecular weight is 618 g/mol. The van der Waals surface area contributed by atoms with Gasteiger partial charge in [-0.15, -0.1) is 32.9 Å². The van der Waals surface area contributed by atoms with Gasteiger partial charge in [0.2, 0.25) is 11.0 Å². The SMILES string of the molecule is Cc1ccsc1C1C(C#N)=C(N)N(c2nnc(SCC(=O)Nc3nc(-c4ccccc4)cs3)s2)C2=C1C(=O)CCC2. The van der Waals surface area contributed by atoms with Crippen molar-refractivity contribution in [2.45, 2.75) is 36.4 Å². The second kappa shape index (κ2) is 11.6. The molecule has 1 aliphatic carbocycles. The molecule has 3 aromatic heterocycles. The first-order valence-corrected chi connectivity index (χ1v) is 16.3. The molecule has 9 nitrogen and oxygen atoms in total. The molecule has 4 heterocycles. The average Bonchev–Trinajstić information content (AvgIpc) is 3.74. The van der Waals surface area contributed by atoms with Crippen LogP contribution in [-0.2, 0) is 9.59 Å². The number of hydrogen-bond donors (Lipinski definition) is 2. The lowest BCUT2D eigenvalue weighted by molar-refractivity contribution is -0.116. The zero-order chi connectivity index (χ0) is 28.5. The molecule has 0 fully saturated rings. The minimum atomic E-state index is -0.474. The molecule has 1 amide bonds. The van der Waals surface area contributed by atoms with Crippen molar-refractivity contribution in [2.75, 3.05) is 16.0 Å². The van der Waals surface area contributed by atoms with E-state index in [4.69, 9.17) is 5.73 Å². The number of nitrogens with zero attached hydrogens (tertiary/aromatic N) is 5. The predicted octanol–water partition coefficient (Wildman–Crippen LogP) is 6.07. The molecular weight excluding hydrogens is 595 g/mol. The number of nitrogens with one attached hydrogen (secondary N) is 1. The number of hydrogen-bond acceptors (Lipinski definition) is 12. The standard InChI is InChI=1S/C28H23N7O2S4/c1-15-10-11-38-24(15)22-17(12-29)25(30)35(19-8-5-9-20(36)23(19)22)27-33-34-28(41-27)40-14-21(37)32-26-31-18(13-39-26)16-6-3-2-4-7-16/h2-4,6-7,10-11,13,22H,5,8-9,14,30H2,1H3,(H,31,32,37). The largest absolute Gasteiger partial charge is 0.384 e. The van der Waals surface area contributed by atoms with Crippen molar-refractivity contribution < 1.29 is 9.59 Å². The number of ketones is 1. The Bertz CT molecular complexity index is 1750. The number of allylic oxidation sites excluding steroid dienone is 3. The molecule has 0 bridgehead atoms. The van der Waals surface area contributed by atoms with E-state index in [0.29, 0.717) is 45.0 Å². The van der Waals surface area contributed by atoms with Gasteiger partial charge in [-0.05, 0) is 36.8 Å². The number of Topliss-reactive ketones (excluding diaryl/α,β-unsaturated/α-hetero) is 1. The van der Waals surface area contributed by atoms with Gasteiger partial charge < -0.3 is 11.1 Å². The number of nitrogens with two attached hydrogens (primary N) is 1. The Morgan fingerprint density at radius 2 is 2.05 bits per heavy atom. The van der Waals surface area contributed by atoms with E-state index in [9.17, 15) is 14.9 Å². The Balaban J connectivity index is 1.20. The number of anilines is 2. The second-order valence-electron chi connectivity index (χ2n) is 9.38. The molecule has 2 aliphatic rings. The minimum absolute atomic E-state index is 0.0303. The number of amides is 1. The molecule has 1 atom stereocenters. The highest BCUT2D eigenvalue weighted by Gasteiger charge is 2.42. The molecule has 0 spiro atoms. The Morgan fingerprint density at radius 3 is 2.80 bits per heavy atom. The number of carbonyl (C=O) groups excluding carboxylic acids is 2. The van der Waals surface area contributed by atoms with E-state index in [1.54, 1.807) is 4.90 Å². The van der Waals surface area contributed by atoms with Crippen LogP contribution in [0.4, 0.5) is 10.3 Å². The number of thioether (sulfide) groups is 1. The quantitative estimate of drug-likeness (QED) is 0.237. The highest BCUT2D eigenvalue weighted by atomic mass is 32.2. The molecule has 4 aromatic rings. The third kappa shape index (κ3) is 5.31. The number of rotatable bonds is 7. The summed E-state index contributed by atoms with van der Waals surface area (Å²) in [7, 11) is 0. The van der Waals surface area contributed by atoms with Crippen LogP contribution in [0.3, 0.4) is 0 Å². The van der Waals surface area contributed by atoms with Crippen molar-refractivity contribution in [2.24, 2.45) is 5.73 Å². The fourth-order valence-corrected chi connectivity index (χ4v) is 8.41. The van der Waals surface area contributed by atoms with Gasteiger partial charge in [0.15, 0.2) is 15.3 Å². The van der Waals surface area contributed by atoms with Crippen LogP contribution in [0.5, 0.6) is 0 Å². The zero-order valence-electron chi connectivity index (χ0n) is 21.8. The van der Waals surface area contributed by atoms with Gasteiger partial charge in [-0.2, -0.15) is 5.26 Å². The van der Waals surface area contributed by atoms with Gasteiger partial charge in [-0.3, -0.25) is 14.5 Å². The van der Waals surface area contributed by atoms with Gasteiger partial charge in [-0.1, -0.05) is 53.4 Å². The summed E-state index contributed by atoms with van der Waals surface area (Å²) in [5.74, 6) is -0.264. The highest BCUT2D eigenvalue weighted by Crippen LogP contribution is 2.48. The molecule has 6 rings (SSSR count). The Hall–Kier alpha value is -3.83. The van der Waals surface area contributed by atoms with Crippen molar-refractivity contribution >= 4 is 67.7 Å². The maximum absolute atomic E-state index is 13.3. The van der Waals surface area contributed by atoms with Gasteiger partial charge in [-0.25, -0.2) is 4.98 Å². The van der Waals surface area contributed by atoms with E-state index < -0.39 is 5.92 Å². The van der Waals surface area contributed by atoms with Crippen molar-refractivity contribution in [3.8, 4) is 17.3 Å². The molecule has 1 aliphatic heterocycles. The van der Waals surface area contributed by atoms with E-state index in [-0.39, 0.29) is 23.3 Å². The summed E-state index contributed by atoms with van der Waals surface area (Å²) < 4.78 is 0.575. The van der Waals surface area contributed by atoms with Crippen LogP contribution in [0.2, 0.25) is 0 Å². The lowest BCUT2D eigenvalue weighted by Crippen LogP contribution is -2.38. The minimum Gasteiger partial charge on any atom is -0.384 e. The van der Waals surface area contributed by atoms with E-state index in [0.717, 1.165) is 27.4 Å². The monoisotopic (exact) mass is 617 g/mol. The van der Waals surface area contributed by atoms with Crippen LogP contribution in [0.15, 0.2) is 74.2 Å². The van der Waals surface area contributed by atoms with Crippen LogP contribution < -0.4 is 16.0 Å². The number of thiazole rings is 1. The summed E-state index contributed by atoms with van der Waals surface area (Å²) in [5, 5.41) is 26.5. The summed E-state index contributed by atoms with van der Waals surface area (Å²) >= 11 is 5.42. The summed E-state index contributed by atoms with van der Waals surface area (Å²) in [6.07, 6.45) is 1.78. The van der Waals surface area contributed by atoms with Gasteiger partial charge in [0.05, 0.1) is 29.0 Å². The Labute approximate surface area is 252 Å². The normalized spacial score (nSPS) is 17.0. The smallest absolute Gasteiger partial charge is 0.236 e. The van der Waals surface area contributed by atoms with Gasteiger partial charge >= 0.3 is 0 Å². The van der Waals surface area contributed by atoms with Crippen molar-refractivity contribution in [1.29, 1.82) is 5.26 Å². The predicted molar refractivity (Wildman–Crippen MR) is 164 cm³/mol. The molecular formula is C28H23N7O2S4. The van der Waals surface area contributed by atoms with Crippen molar-refractivity contribution in [3.05, 3.63) is 80.3 Å². The van der Waals surface area contributed by atoms with Crippen LogP contribution in [0, 0.1) is 18.3 Å². The zero-order valence-corrected chi connectivity index (χ0v) is 25.1. The number of carbonyl (C=O) groups is 2. The molecule has 206 valence electrons. The second-order valence-corrected chi connectivity index (χ2v) is 13.4. The molecule has 1 aromatic carbocycles. The van der Waals surface area contributed by atoms with E-state index in [1.807, 2.05) is 54.1 Å². The van der Waals surface area contributed by atoms with E-state index >= 15 is 0 Å². The Kier molecular flexibility index (Phi) is 7.72. The van der Waals surface area contributed by atoms with Gasteiger partial charge in [0.25, 0.3) is 0 Å². The fourth-order valence-electron chi connectivity index (χ4n) is 4.95. The van der Waals surface area contributed by atoms with Crippen LogP contribution in [0.25, 0.3) is 11.3 Å². The summed E-state index contributed by atoms with van der Waals surface area (Å²) in [5.41, 5.74) is 11.2. The first kappa shape index (κ1) is 27.3. The first-order valence-electron chi connectivity index (χ1n) is 12.7. The molecule has 1 unspecified atom stereocenters. The third-order valence-corrected chi connectivity index (χ3v) is 10.7. The molecule has 0 saturated heterocycles. The summed E-state index contributed by atoms with van der Waals surface area (Å²) in [6.45, 7) is 1.98. The van der Waals surface area contributed by atoms with Crippen molar-refractivity contribution in [3.63, 3.8) is 0 Å². The number of aromatic nitrogens is 3. The first-order chi connectivity index (χ1) is 19.9. The molecule has 41 heavy (non-hydrogen) atoms. The summed E-state index contributed by atoms with van der Waals surface area (Å²) in [6, 6.07) is 14.1.